The number of para-hydroxylation sites is 1. The molecule has 0 atom stereocenters. The Labute approximate surface area is 113 Å². The summed E-state index contributed by atoms with van der Waals surface area (Å²) in [4.78, 5) is 12.5. The second-order valence-electron chi connectivity index (χ2n) is 4.19. The van der Waals surface area contributed by atoms with Crippen molar-refractivity contribution in [2.24, 2.45) is 0 Å². The summed E-state index contributed by atoms with van der Waals surface area (Å²) in [6.45, 7) is 2.37. The molecule has 2 aromatic heterocycles. The van der Waals surface area contributed by atoms with Gasteiger partial charge in [0.2, 0.25) is 10.5 Å². The lowest BCUT2D eigenvalue weighted by Gasteiger charge is -2.09. The Morgan fingerprint density at radius 2 is 2.37 bits per heavy atom. The smallest absolute Gasteiger partial charge is 0.262 e. The number of hydrogen-bond donors (Lipinski definition) is 1. The van der Waals surface area contributed by atoms with Crippen LogP contribution < -0.4 is 5.56 Å². The third kappa shape index (κ3) is 1.61. The fourth-order valence-electron chi connectivity index (χ4n) is 2.19. The Hall–Kier alpha value is -2.02. The summed E-state index contributed by atoms with van der Waals surface area (Å²) in [5.41, 5.74) is -0.302. The van der Waals surface area contributed by atoms with E-state index >= 15 is 0 Å². The first-order chi connectivity index (χ1) is 9.54. The lowest BCUT2D eigenvalue weighted by molar-refractivity contribution is 0.628. The minimum Gasteiger partial charge on any atom is -0.276 e. The lowest BCUT2D eigenvalue weighted by Crippen LogP contribution is -2.23. The van der Waals surface area contributed by atoms with Crippen molar-refractivity contribution in [3.05, 3.63) is 39.1 Å². The van der Waals surface area contributed by atoms with Crippen LogP contribution in [0.1, 0.15) is 14.7 Å². The molecule has 3 aromatic rings. The number of nitrogens with one attached hydrogen (secondary N) is 1. The molecule has 0 amide bonds. The Kier molecular flexibility index (Phi) is 2.44. The van der Waals surface area contributed by atoms with Gasteiger partial charge in [0, 0.05) is 6.54 Å². The molecule has 1 aromatic carbocycles. The Bertz CT molecular complexity index is 942. The van der Waals surface area contributed by atoms with Crippen molar-refractivity contribution in [1.29, 1.82) is 0 Å². The third-order valence-electron chi connectivity index (χ3n) is 2.96. The van der Waals surface area contributed by atoms with Crippen LogP contribution in [0.4, 0.5) is 4.39 Å². The molecule has 5 nitrogen and oxygen atoms in total. The van der Waals surface area contributed by atoms with Gasteiger partial charge in [0.25, 0.3) is 5.56 Å². The van der Waals surface area contributed by atoms with Crippen LogP contribution in [0.25, 0.3) is 16.7 Å². The zero-order valence-electron chi connectivity index (χ0n) is 11.1. The van der Waals surface area contributed by atoms with E-state index in [1.54, 1.807) is 0 Å². The molecule has 0 unspecified atom stereocenters. The average Bonchev–Trinajstić information content (AvgIpc) is 2.76. The highest BCUT2D eigenvalue weighted by Crippen LogP contribution is 2.16. The standard InChI is InChI=1S/C12H11FN4OS/c1-2-6-16-10(18)7-4-3-5-8(13)9(7)17-11(16)14-15-12(17)19/h3-5H,2,6H2,1H3,(H,15,19)/i3D. The highest BCUT2D eigenvalue weighted by atomic mass is 32.1. The Morgan fingerprint density at radius 3 is 3.11 bits per heavy atom. The predicted octanol–water partition coefficient (Wildman–Crippen LogP) is 2.26. The summed E-state index contributed by atoms with van der Waals surface area (Å²) in [5, 5.41) is 6.72. The zero-order chi connectivity index (χ0) is 14.4. The second-order valence-corrected chi connectivity index (χ2v) is 4.57. The van der Waals surface area contributed by atoms with Crippen molar-refractivity contribution >= 4 is 28.9 Å². The van der Waals surface area contributed by atoms with Gasteiger partial charge in [0.15, 0.2) is 0 Å². The number of hydrogen-bond acceptors (Lipinski definition) is 3. The second kappa shape index (κ2) is 4.27. The lowest BCUT2D eigenvalue weighted by atomic mass is 10.2. The SMILES string of the molecule is [2H]c1cc(F)c2c(c1)c(=O)n(CCC)c1n[nH]c(=S)n21. The summed E-state index contributed by atoms with van der Waals surface area (Å²) in [6, 6.07) is 2.35. The van der Waals surface area contributed by atoms with E-state index in [-0.39, 0.29) is 33.1 Å². The summed E-state index contributed by atoms with van der Waals surface area (Å²) >= 11 is 5.11. The molecule has 1 N–H and O–H groups in total. The van der Waals surface area contributed by atoms with Gasteiger partial charge in [-0.25, -0.2) is 9.49 Å². The molecule has 0 saturated heterocycles. The number of nitrogens with zero attached hydrogens (tertiary/aromatic N) is 3. The van der Waals surface area contributed by atoms with E-state index in [0.29, 0.717) is 6.54 Å². The number of benzene rings is 1. The normalized spacial score (nSPS) is 12.2. The van der Waals surface area contributed by atoms with Crippen molar-refractivity contribution < 1.29 is 5.76 Å². The first-order valence-electron chi connectivity index (χ1n) is 6.34. The van der Waals surface area contributed by atoms with Crippen LogP contribution in [0.3, 0.4) is 0 Å². The number of rotatable bonds is 2. The summed E-state index contributed by atoms with van der Waals surface area (Å²) in [5.74, 6) is -0.373. The molecule has 0 spiro atoms. The molecule has 7 heteroatoms. The van der Waals surface area contributed by atoms with Crippen LogP contribution in [-0.4, -0.2) is 19.2 Å². The van der Waals surface area contributed by atoms with Gasteiger partial charge in [-0.05, 0) is 30.8 Å². The monoisotopic (exact) mass is 279 g/mol. The van der Waals surface area contributed by atoms with Gasteiger partial charge in [-0.2, -0.15) is 0 Å². The first kappa shape index (κ1) is 10.9. The van der Waals surface area contributed by atoms with Gasteiger partial charge < -0.3 is 0 Å². The average molecular weight is 279 g/mol. The summed E-state index contributed by atoms with van der Waals surface area (Å²) < 4.78 is 24.8. The van der Waals surface area contributed by atoms with E-state index < -0.39 is 5.82 Å². The summed E-state index contributed by atoms with van der Waals surface area (Å²) in [7, 11) is 0. The number of fused-ring (bicyclic) bond motifs is 3. The molecule has 0 radical (unpaired) electrons. The molecule has 98 valence electrons. The van der Waals surface area contributed by atoms with Gasteiger partial charge in [0.1, 0.15) is 5.82 Å². The van der Waals surface area contributed by atoms with Gasteiger partial charge in [-0.3, -0.25) is 13.8 Å². The minimum atomic E-state index is -0.657. The molecule has 0 aliphatic rings. The van der Waals surface area contributed by atoms with Gasteiger partial charge >= 0.3 is 0 Å². The van der Waals surface area contributed by atoms with E-state index in [9.17, 15) is 9.18 Å². The van der Waals surface area contributed by atoms with Crippen molar-refractivity contribution in [3.8, 4) is 0 Å². The molecule has 0 saturated carbocycles. The molecular weight excluding hydrogens is 267 g/mol. The van der Waals surface area contributed by atoms with E-state index in [1.807, 2.05) is 6.92 Å². The molecular formula is C12H11FN4OS. The number of aromatic nitrogens is 4. The molecule has 19 heavy (non-hydrogen) atoms. The maximum Gasteiger partial charge on any atom is 0.262 e. The number of H-pyrrole nitrogens is 1. The molecule has 3 rings (SSSR count). The van der Waals surface area contributed by atoms with E-state index in [4.69, 9.17) is 13.6 Å². The third-order valence-corrected chi connectivity index (χ3v) is 3.24. The van der Waals surface area contributed by atoms with Gasteiger partial charge in [-0.1, -0.05) is 13.0 Å². The van der Waals surface area contributed by atoms with Crippen molar-refractivity contribution in [2.45, 2.75) is 19.9 Å². The summed E-state index contributed by atoms with van der Waals surface area (Å²) in [6.07, 6.45) is 0.726. The fourth-order valence-corrected chi connectivity index (χ4v) is 2.41. The molecule has 0 bridgehead atoms. The van der Waals surface area contributed by atoms with E-state index in [0.717, 1.165) is 12.5 Å². The highest BCUT2D eigenvalue weighted by molar-refractivity contribution is 7.71. The molecule has 0 aliphatic heterocycles. The van der Waals surface area contributed by atoms with Crippen molar-refractivity contribution in [3.63, 3.8) is 0 Å². The zero-order valence-corrected chi connectivity index (χ0v) is 10.9. The number of aryl methyl sites for hydroxylation is 1. The Morgan fingerprint density at radius 1 is 1.58 bits per heavy atom. The molecule has 2 heterocycles. The van der Waals surface area contributed by atoms with Crippen molar-refractivity contribution in [2.75, 3.05) is 0 Å². The van der Waals surface area contributed by atoms with Crippen LogP contribution in [0.15, 0.2) is 23.0 Å². The van der Waals surface area contributed by atoms with Crippen molar-refractivity contribution in [1.82, 2.24) is 19.2 Å². The van der Waals surface area contributed by atoms with Gasteiger partial charge in [-0.15, -0.1) is 5.10 Å². The minimum absolute atomic E-state index is 0.0514. The van der Waals surface area contributed by atoms with Crippen LogP contribution in [-0.2, 0) is 6.54 Å². The number of aromatic amines is 1. The van der Waals surface area contributed by atoms with E-state index in [2.05, 4.69) is 10.2 Å². The predicted molar refractivity (Wildman–Crippen MR) is 72.4 cm³/mol. The maximum absolute atomic E-state index is 14.2. The van der Waals surface area contributed by atoms with Gasteiger partial charge in [0.05, 0.1) is 12.3 Å². The topological polar surface area (TPSA) is 55.1 Å². The van der Waals surface area contributed by atoms with Crippen LogP contribution in [0, 0.1) is 10.6 Å². The van der Waals surface area contributed by atoms with Crippen LogP contribution >= 0.6 is 12.2 Å². The molecule has 0 aliphatic carbocycles. The quantitative estimate of drug-likeness (QED) is 0.732. The van der Waals surface area contributed by atoms with Crippen LogP contribution in [0.5, 0.6) is 0 Å². The number of halogens is 1. The van der Waals surface area contributed by atoms with Crippen LogP contribution in [0.2, 0.25) is 0 Å². The van der Waals surface area contributed by atoms with E-state index in [1.165, 1.54) is 15.0 Å². The molecule has 0 fully saturated rings. The first-order valence-corrected chi connectivity index (χ1v) is 6.25. The fraction of sp³-hybridized carbons (Fsp3) is 0.250. The maximum atomic E-state index is 14.2. The highest BCUT2D eigenvalue weighted by Gasteiger charge is 2.15. The largest absolute Gasteiger partial charge is 0.276 e. The Balaban J connectivity index is 2.68.